The first-order chi connectivity index (χ1) is 48.0. The van der Waals surface area contributed by atoms with Crippen LogP contribution in [0.15, 0.2) is 243 Å². The zero-order valence-corrected chi connectivity index (χ0v) is 63.0. The molecule has 0 spiro atoms. The van der Waals surface area contributed by atoms with Gasteiger partial charge in [0, 0.05) is 12.8 Å². The third-order valence-corrected chi connectivity index (χ3v) is 15.9. The van der Waals surface area contributed by atoms with E-state index in [0.717, 1.165) is 180 Å². The number of quaternary nitrogens is 1. The standard InChI is InChI=1S/C88H136NO8P/c1-6-8-10-12-14-16-18-20-22-24-26-28-30-32-34-36-38-40-41-42-43-44-45-46-47-49-51-53-55-57-59-61-63-65-67-69-71-73-75-77-79-81-88(91)97-86(85-96-98(92,93)95-83-82-89(3,4)5)84-94-87(90)80-78-76-74-72-70-68-66-64-62-60-58-56-54-52-50-48-39-37-35-33-31-29-27-25-23-21-19-17-15-13-11-9-7-2/h8-11,14-17,20-23,26-29,32-35,38-40,42-43,45-46,48-49,51-52,54-55,57-58,60-61,63,67,69,86H,6-7,12-13,18-19,24-25,30-31,36-37,41,44,47,50,53,56,59,62,64-66,68,70-85H2,1-5H3/p+1/b10-8-,11-9-,16-14-,17-15-,22-20-,23-21-,28-26-,29-27-,34-32-,35-33-,40-38-,43-42-,46-45-,48-39-,51-49-,54-52-,57-55-,60-58-,63-61-,69-67-. The van der Waals surface area contributed by atoms with E-state index in [1.165, 1.54) is 25.7 Å². The van der Waals surface area contributed by atoms with Crippen LogP contribution < -0.4 is 0 Å². The Morgan fingerprint density at radius 1 is 0.316 bits per heavy atom. The molecule has 0 bridgehead atoms. The second-order valence-electron chi connectivity index (χ2n) is 25.2. The molecule has 0 heterocycles. The number of esters is 2. The molecule has 98 heavy (non-hydrogen) atoms. The Balaban J connectivity index is 4.21. The van der Waals surface area contributed by atoms with Crippen LogP contribution in [-0.4, -0.2) is 74.9 Å². The van der Waals surface area contributed by atoms with Crippen molar-refractivity contribution in [3.05, 3.63) is 243 Å². The minimum absolute atomic E-state index is 0.0111. The van der Waals surface area contributed by atoms with Gasteiger partial charge in [0.05, 0.1) is 27.7 Å². The summed E-state index contributed by atoms with van der Waals surface area (Å²) in [6, 6.07) is 0. The lowest BCUT2D eigenvalue weighted by Crippen LogP contribution is -2.37. The first-order valence-corrected chi connectivity index (χ1v) is 39.3. The van der Waals surface area contributed by atoms with Gasteiger partial charge in [-0.25, -0.2) is 4.57 Å². The van der Waals surface area contributed by atoms with E-state index < -0.39 is 32.5 Å². The van der Waals surface area contributed by atoms with E-state index in [2.05, 4.69) is 257 Å². The Hall–Kier alpha value is -6.19. The van der Waals surface area contributed by atoms with Gasteiger partial charge in [0.2, 0.25) is 0 Å². The fourth-order valence-electron chi connectivity index (χ4n) is 9.19. The number of ether oxygens (including phenoxy) is 2. The number of allylic oxidation sites excluding steroid dienone is 40. The van der Waals surface area contributed by atoms with E-state index in [4.69, 9.17) is 18.5 Å². The van der Waals surface area contributed by atoms with E-state index in [1.54, 1.807) is 0 Å². The van der Waals surface area contributed by atoms with Crippen molar-refractivity contribution in [2.45, 2.75) is 251 Å². The minimum Gasteiger partial charge on any atom is -0.462 e. The predicted octanol–water partition coefficient (Wildman–Crippen LogP) is 25.5. The number of nitrogens with zero attached hydrogens (tertiary/aromatic N) is 1. The number of unbranched alkanes of at least 4 members (excludes halogenated alkanes) is 12. The summed E-state index contributed by atoms with van der Waals surface area (Å²) in [5, 5.41) is 0. The third kappa shape index (κ3) is 78.8. The zero-order valence-electron chi connectivity index (χ0n) is 62.2. The molecule has 0 aliphatic heterocycles. The van der Waals surface area contributed by atoms with Crippen LogP contribution in [0, 0.1) is 0 Å². The molecule has 0 aromatic carbocycles. The molecule has 1 N–H and O–H groups in total. The number of hydrogen-bond acceptors (Lipinski definition) is 7. The van der Waals surface area contributed by atoms with Gasteiger partial charge in [-0.05, 0) is 167 Å². The maximum absolute atomic E-state index is 12.9. The number of phosphoric acid groups is 1. The van der Waals surface area contributed by atoms with E-state index in [0.29, 0.717) is 23.9 Å². The number of hydrogen-bond donors (Lipinski definition) is 1. The lowest BCUT2D eigenvalue weighted by atomic mass is 10.1. The maximum atomic E-state index is 12.9. The molecule has 0 aliphatic rings. The SMILES string of the molecule is CC/C=C\C/C=C\C/C=C\C/C=C\C/C=C\C/C=C\C/C=C\C/C=C\C/C=C\C/C=C\C/C=C\C/C=C\CCCCCCC(=O)OC(COC(=O)CCCCCCCCCC/C=C\C/C=C\C/C=C\C/C=C\C/C=C\C/C=C\C/C=C\C/C=C\CC)COP(=O)(O)OCC[N+](C)(C)C. The Kier molecular flexibility index (Phi) is 70.3. The van der Waals surface area contributed by atoms with E-state index in [-0.39, 0.29) is 26.1 Å². The molecule has 0 fully saturated rings. The highest BCUT2D eigenvalue weighted by Gasteiger charge is 2.27. The molecule has 10 heteroatoms. The second kappa shape index (κ2) is 75.0. The number of likely N-dealkylation sites (N-methyl/N-ethyl adjacent to an activating group) is 1. The number of carbonyl (C=O) groups is 2. The molecule has 0 aliphatic carbocycles. The van der Waals surface area contributed by atoms with Gasteiger partial charge >= 0.3 is 19.8 Å². The molecule has 0 saturated carbocycles. The van der Waals surface area contributed by atoms with Crippen LogP contribution in [0.25, 0.3) is 0 Å². The Morgan fingerprint density at radius 2 is 0.551 bits per heavy atom. The molecule has 0 saturated heterocycles. The van der Waals surface area contributed by atoms with Crippen molar-refractivity contribution in [2.24, 2.45) is 0 Å². The normalized spacial score (nSPS) is 14.5. The molecule has 2 atom stereocenters. The highest BCUT2D eigenvalue weighted by Crippen LogP contribution is 2.43. The van der Waals surface area contributed by atoms with Crippen LogP contribution in [0.1, 0.15) is 245 Å². The molecule has 9 nitrogen and oxygen atoms in total. The van der Waals surface area contributed by atoms with E-state index >= 15 is 0 Å². The quantitative estimate of drug-likeness (QED) is 0.0211. The van der Waals surface area contributed by atoms with Crippen LogP contribution >= 0.6 is 7.82 Å². The summed E-state index contributed by atoms with van der Waals surface area (Å²) < 4.78 is 34.7. The van der Waals surface area contributed by atoms with Gasteiger partial charge in [-0.3, -0.25) is 18.6 Å². The van der Waals surface area contributed by atoms with Crippen molar-refractivity contribution in [3.63, 3.8) is 0 Å². The Morgan fingerprint density at radius 3 is 0.816 bits per heavy atom. The Labute approximate surface area is 600 Å². The molecule has 2 unspecified atom stereocenters. The summed E-state index contributed by atoms with van der Waals surface area (Å²) in [6.07, 6.45) is 123. The molecule has 0 aromatic heterocycles. The maximum Gasteiger partial charge on any atom is 0.472 e. The molecule has 0 aromatic rings. The first kappa shape index (κ1) is 91.8. The van der Waals surface area contributed by atoms with Gasteiger partial charge in [0.25, 0.3) is 0 Å². The van der Waals surface area contributed by atoms with Crippen molar-refractivity contribution in [3.8, 4) is 0 Å². The molecule has 0 rings (SSSR count). The van der Waals surface area contributed by atoms with Crippen LogP contribution in [0.4, 0.5) is 0 Å². The average molecular weight is 1370 g/mol. The average Bonchev–Trinajstić information content (AvgIpc) is 1.08. The second-order valence-corrected chi connectivity index (χ2v) is 26.7. The van der Waals surface area contributed by atoms with Gasteiger partial charge in [0.1, 0.15) is 19.8 Å². The third-order valence-electron chi connectivity index (χ3n) is 14.9. The molecule has 0 radical (unpaired) electrons. The van der Waals surface area contributed by atoms with Gasteiger partial charge in [-0.15, -0.1) is 0 Å². The van der Waals surface area contributed by atoms with E-state index in [9.17, 15) is 19.0 Å². The first-order valence-electron chi connectivity index (χ1n) is 37.8. The monoisotopic (exact) mass is 1370 g/mol. The highest BCUT2D eigenvalue weighted by atomic mass is 31.2. The van der Waals surface area contributed by atoms with E-state index in [1.807, 2.05) is 21.1 Å². The summed E-state index contributed by atoms with van der Waals surface area (Å²) in [7, 11) is 1.42. The summed E-state index contributed by atoms with van der Waals surface area (Å²) in [5.41, 5.74) is 0. The van der Waals surface area contributed by atoms with Crippen molar-refractivity contribution in [1.29, 1.82) is 0 Å². The smallest absolute Gasteiger partial charge is 0.462 e. The molecular weight excluding hydrogens is 1230 g/mol. The van der Waals surface area contributed by atoms with Gasteiger partial charge < -0.3 is 18.9 Å². The Bertz CT molecular complexity index is 2560. The van der Waals surface area contributed by atoms with Crippen molar-refractivity contribution in [2.75, 3.05) is 47.5 Å². The molecule has 546 valence electrons. The number of rotatable bonds is 66. The molecular formula is C88H137NO8P+. The van der Waals surface area contributed by atoms with Crippen LogP contribution in [0.3, 0.4) is 0 Å². The van der Waals surface area contributed by atoms with Gasteiger partial charge in [-0.2, -0.15) is 0 Å². The number of carbonyl (C=O) groups excluding carboxylic acids is 2. The van der Waals surface area contributed by atoms with Gasteiger partial charge in [0.15, 0.2) is 6.10 Å². The lowest BCUT2D eigenvalue weighted by molar-refractivity contribution is -0.870. The fraction of sp³-hybridized carbons (Fsp3) is 0.523. The summed E-state index contributed by atoms with van der Waals surface area (Å²) in [5.74, 6) is -0.855. The topological polar surface area (TPSA) is 108 Å². The largest absolute Gasteiger partial charge is 0.472 e. The van der Waals surface area contributed by atoms with Gasteiger partial charge in [-0.1, -0.05) is 308 Å². The van der Waals surface area contributed by atoms with Crippen molar-refractivity contribution in [1.82, 2.24) is 0 Å². The summed E-state index contributed by atoms with van der Waals surface area (Å²) in [4.78, 5) is 35.9. The minimum atomic E-state index is -4.42. The van der Waals surface area contributed by atoms with Crippen LogP contribution in [-0.2, 0) is 32.7 Å². The zero-order chi connectivity index (χ0) is 71.1. The number of phosphoric ester groups is 1. The van der Waals surface area contributed by atoms with Crippen LogP contribution in [0.2, 0.25) is 0 Å². The summed E-state index contributed by atoms with van der Waals surface area (Å²) in [6.45, 7) is 4.13. The predicted molar refractivity (Wildman–Crippen MR) is 426 cm³/mol. The van der Waals surface area contributed by atoms with Crippen molar-refractivity contribution >= 4 is 19.8 Å². The highest BCUT2D eigenvalue weighted by molar-refractivity contribution is 7.47. The molecule has 0 amide bonds. The summed E-state index contributed by atoms with van der Waals surface area (Å²) >= 11 is 0. The van der Waals surface area contributed by atoms with Crippen molar-refractivity contribution < 1.29 is 42.1 Å². The fourth-order valence-corrected chi connectivity index (χ4v) is 9.93. The van der Waals surface area contributed by atoms with Crippen LogP contribution in [0.5, 0.6) is 0 Å². The lowest BCUT2D eigenvalue weighted by Gasteiger charge is -2.24.